The van der Waals surface area contributed by atoms with Crippen LogP contribution in [0.5, 0.6) is 0 Å². The van der Waals surface area contributed by atoms with Gasteiger partial charge in [0.25, 0.3) is 0 Å². The minimum atomic E-state index is 0.790. The van der Waals surface area contributed by atoms with Gasteiger partial charge in [-0.05, 0) is 62.9 Å². The summed E-state index contributed by atoms with van der Waals surface area (Å²) in [5, 5.41) is 0. The molecule has 2 aliphatic heterocycles. The van der Waals surface area contributed by atoms with Gasteiger partial charge in [-0.25, -0.2) is 0 Å². The van der Waals surface area contributed by atoms with Gasteiger partial charge in [-0.1, -0.05) is 12.5 Å². The molecule has 1 aromatic rings. The predicted octanol–water partition coefficient (Wildman–Crippen LogP) is 3.37. The number of hydrogen-bond acceptors (Lipinski definition) is 2. The van der Waals surface area contributed by atoms with E-state index in [1.54, 1.807) is 0 Å². The maximum Gasteiger partial charge on any atom is 0.0369 e. The van der Waals surface area contributed by atoms with Crippen molar-refractivity contribution < 1.29 is 0 Å². The molecule has 1 aromatic carbocycles. The zero-order valence-corrected chi connectivity index (χ0v) is 12.4. The van der Waals surface area contributed by atoms with Gasteiger partial charge in [0.1, 0.15) is 0 Å². The molecule has 0 radical (unpaired) electrons. The van der Waals surface area contributed by atoms with E-state index in [4.69, 9.17) is 0 Å². The molecule has 2 saturated heterocycles. The maximum atomic E-state index is 2.73. The highest BCUT2D eigenvalue weighted by molar-refractivity contribution is 5.51. The number of benzene rings is 1. The summed E-state index contributed by atoms with van der Waals surface area (Å²) >= 11 is 0. The van der Waals surface area contributed by atoms with Crippen LogP contribution in [0.1, 0.15) is 36.8 Å². The molecule has 1 unspecified atom stereocenters. The third-order valence-electron chi connectivity index (χ3n) is 4.91. The quantitative estimate of drug-likeness (QED) is 0.762. The average Bonchev–Trinajstić information content (AvgIpc) is 2.64. The number of aryl methyl sites for hydroxylation is 2. The highest BCUT2D eigenvalue weighted by Crippen LogP contribution is 2.25. The van der Waals surface area contributed by atoms with Gasteiger partial charge in [0, 0.05) is 31.4 Å². The lowest BCUT2D eigenvalue weighted by molar-refractivity contribution is 0.162. The van der Waals surface area contributed by atoms with Crippen molar-refractivity contribution >= 4 is 5.69 Å². The largest absolute Gasteiger partial charge is 0.370 e. The van der Waals surface area contributed by atoms with Crippen LogP contribution in [0.3, 0.4) is 0 Å². The molecule has 0 bridgehead atoms. The van der Waals surface area contributed by atoms with Crippen LogP contribution >= 0.6 is 0 Å². The molecule has 1 atom stereocenters. The van der Waals surface area contributed by atoms with Crippen LogP contribution in [0.15, 0.2) is 18.2 Å². The zero-order valence-electron chi connectivity index (χ0n) is 12.4. The van der Waals surface area contributed by atoms with E-state index in [1.165, 1.54) is 68.7 Å². The van der Waals surface area contributed by atoms with Crippen molar-refractivity contribution in [1.82, 2.24) is 4.90 Å². The van der Waals surface area contributed by atoms with Crippen LogP contribution in [0.2, 0.25) is 0 Å². The monoisotopic (exact) mass is 258 g/mol. The zero-order chi connectivity index (χ0) is 13.2. The van der Waals surface area contributed by atoms with Gasteiger partial charge in [-0.15, -0.1) is 0 Å². The van der Waals surface area contributed by atoms with Crippen LogP contribution < -0.4 is 4.90 Å². The minimum Gasteiger partial charge on any atom is -0.370 e. The van der Waals surface area contributed by atoms with Crippen LogP contribution in [0.25, 0.3) is 0 Å². The van der Waals surface area contributed by atoms with Gasteiger partial charge in [0.05, 0.1) is 0 Å². The molecular weight excluding hydrogens is 232 g/mol. The summed E-state index contributed by atoms with van der Waals surface area (Å²) in [6, 6.07) is 7.74. The molecule has 3 rings (SSSR count). The lowest BCUT2D eigenvalue weighted by Crippen LogP contribution is -2.44. The number of piperidine rings is 1. The SMILES string of the molecule is Cc1ccc(N2CCCN3CCCCC3C2)cc1C. The maximum absolute atomic E-state index is 2.73. The van der Waals surface area contributed by atoms with Crippen LogP contribution in [-0.2, 0) is 0 Å². The molecule has 0 aromatic heterocycles. The summed E-state index contributed by atoms with van der Waals surface area (Å²) in [4.78, 5) is 5.34. The highest BCUT2D eigenvalue weighted by Gasteiger charge is 2.27. The van der Waals surface area contributed by atoms with Gasteiger partial charge in [0.15, 0.2) is 0 Å². The number of nitrogens with zero attached hydrogens (tertiary/aromatic N) is 2. The van der Waals surface area contributed by atoms with Crippen molar-refractivity contribution in [1.29, 1.82) is 0 Å². The van der Waals surface area contributed by atoms with E-state index in [0.29, 0.717) is 0 Å². The molecule has 2 heteroatoms. The third-order valence-corrected chi connectivity index (χ3v) is 4.91. The fourth-order valence-corrected chi connectivity index (χ4v) is 3.53. The minimum absolute atomic E-state index is 0.790. The van der Waals surface area contributed by atoms with Gasteiger partial charge < -0.3 is 4.90 Å². The molecule has 0 N–H and O–H groups in total. The van der Waals surface area contributed by atoms with Gasteiger partial charge in [-0.3, -0.25) is 4.90 Å². The molecule has 19 heavy (non-hydrogen) atoms. The van der Waals surface area contributed by atoms with Crippen molar-refractivity contribution in [3.63, 3.8) is 0 Å². The Kier molecular flexibility index (Phi) is 3.79. The second-order valence-electron chi connectivity index (χ2n) is 6.25. The molecule has 104 valence electrons. The van der Waals surface area contributed by atoms with Crippen molar-refractivity contribution in [2.24, 2.45) is 0 Å². The molecular formula is C17H26N2. The first-order valence-corrected chi connectivity index (χ1v) is 7.80. The lowest BCUT2D eigenvalue weighted by Gasteiger charge is -2.36. The van der Waals surface area contributed by atoms with E-state index in [9.17, 15) is 0 Å². The number of fused-ring (bicyclic) bond motifs is 1. The van der Waals surface area contributed by atoms with Gasteiger partial charge in [0.2, 0.25) is 0 Å². The summed E-state index contributed by atoms with van der Waals surface area (Å²) in [5.74, 6) is 0. The summed E-state index contributed by atoms with van der Waals surface area (Å²) in [5.41, 5.74) is 4.25. The third kappa shape index (κ3) is 2.79. The fourth-order valence-electron chi connectivity index (χ4n) is 3.53. The Morgan fingerprint density at radius 1 is 0.947 bits per heavy atom. The molecule has 2 fully saturated rings. The van der Waals surface area contributed by atoms with E-state index >= 15 is 0 Å². The first kappa shape index (κ1) is 13.0. The first-order valence-electron chi connectivity index (χ1n) is 7.80. The normalized spacial score (nSPS) is 24.9. The summed E-state index contributed by atoms with van der Waals surface area (Å²) < 4.78 is 0. The number of anilines is 1. The van der Waals surface area contributed by atoms with Crippen molar-refractivity contribution in [3.8, 4) is 0 Å². The van der Waals surface area contributed by atoms with Gasteiger partial charge in [-0.2, -0.15) is 0 Å². The van der Waals surface area contributed by atoms with Crippen molar-refractivity contribution in [2.45, 2.75) is 45.6 Å². The Hall–Kier alpha value is -1.02. The lowest BCUT2D eigenvalue weighted by atomic mass is 10.0. The Labute approximate surface area is 117 Å². The molecule has 2 heterocycles. The molecule has 2 aliphatic rings. The fraction of sp³-hybridized carbons (Fsp3) is 0.647. The van der Waals surface area contributed by atoms with E-state index in [1.807, 2.05) is 0 Å². The summed E-state index contributed by atoms with van der Waals surface area (Å²) in [6.45, 7) is 9.49. The first-order chi connectivity index (χ1) is 9.24. The number of hydrogen-bond donors (Lipinski definition) is 0. The molecule has 0 saturated carbocycles. The van der Waals surface area contributed by atoms with Crippen molar-refractivity contribution in [3.05, 3.63) is 29.3 Å². The Balaban J connectivity index is 1.78. The predicted molar refractivity (Wildman–Crippen MR) is 82.0 cm³/mol. The second-order valence-corrected chi connectivity index (χ2v) is 6.25. The Morgan fingerprint density at radius 3 is 2.63 bits per heavy atom. The van der Waals surface area contributed by atoms with E-state index < -0.39 is 0 Å². The molecule has 2 nitrogen and oxygen atoms in total. The molecule has 0 spiro atoms. The smallest absolute Gasteiger partial charge is 0.0369 e. The second kappa shape index (κ2) is 5.54. The van der Waals surface area contributed by atoms with E-state index in [2.05, 4.69) is 41.8 Å². The van der Waals surface area contributed by atoms with E-state index in [-0.39, 0.29) is 0 Å². The summed E-state index contributed by atoms with van der Waals surface area (Å²) in [7, 11) is 0. The van der Waals surface area contributed by atoms with Crippen molar-refractivity contribution in [2.75, 3.05) is 31.1 Å². The average molecular weight is 258 g/mol. The Bertz CT molecular complexity index is 441. The highest BCUT2D eigenvalue weighted by atomic mass is 15.2. The van der Waals surface area contributed by atoms with Crippen LogP contribution in [0, 0.1) is 13.8 Å². The summed E-state index contributed by atoms with van der Waals surface area (Å²) in [6.07, 6.45) is 5.52. The van der Waals surface area contributed by atoms with Crippen LogP contribution in [0.4, 0.5) is 5.69 Å². The standard InChI is InChI=1S/C17H26N2/c1-14-7-8-16(12-15(14)2)19-11-5-10-18-9-4-3-6-17(18)13-19/h7-8,12,17H,3-6,9-11,13H2,1-2H3. The molecule has 0 aliphatic carbocycles. The molecule has 0 amide bonds. The Morgan fingerprint density at radius 2 is 1.79 bits per heavy atom. The van der Waals surface area contributed by atoms with Crippen LogP contribution in [-0.4, -0.2) is 37.1 Å². The topological polar surface area (TPSA) is 6.48 Å². The van der Waals surface area contributed by atoms with E-state index in [0.717, 1.165) is 6.04 Å². The number of rotatable bonds is 1. The van der Waals surface area contributed by atoms with Gasteiger partial charge >= 0.3 is 0 Å².